The fraction of sp³-hybridized carbons (Fsp3) is 0.636. The van der Waals surface area contributed by atoms with Crippen LogP contribution in [-0.2, 0) is 4.74 Å². The van der Waals surface area contributed by atoms with Crippen molar-refractivity contribution >= 4 is 17.4 Å². The van der Waals surface area contributed by atoms with Crippen LogP contribution in [-0.4, -0.2) is 29.7 Å². The second kappa shape index (κ2) is 5.46. The Kier molecular flexibility index (Phi) is 3.96. The fourth-order valence-corrected chi connectivity index (χ4v) is 2.06. The first-order valence-electron chi connectivity index (χ1n) is 5.57. The molecule has 1 unspecified atom stereocenters. The minimum Gasteiger partial charge on any atom is -0.381 e. The van der Waals surface area contributed by atoms with Crippen LogP contribution in [0.1, 0.15) is 18.5 Å². The van der Waals surface area contributed by atoms with E-state index in [0.717, 1.165) is 37.7 Å². The Labute approximate surface area is 100 Å². The smallest absolute Gasteiger partial charge is 0.224 e. The van der Waals surface area contributed by atoms with E-state index in [4.69, 9.17) is 16.3 Å². The quantitative estimate of drug-likeness (QED) is 0.822. The molecule has 1 atom stereocenters. The SMILES string of the molecule is Cc1cc(NCCC2CCOC2)nc(Cl)n1. The monoisotopic (exact) mass is 241 g/mol. The predicted octanol–water partition coefficient (Wildman–Crippen LogP) is 2.28. The molecular formula is C11H16ClN3O. The zero-order chi connectivity index (χ0) is 11.4. The fourth-order valence-electron chi connectivity index (χ4n) is 1.84. The topological polar surface area (TPSA) is 47.0 Å². The summed E-state index contributed by atoms with van der Waals surface area (Å²) in [5.74, 6) is 1.49. The number of ether oxygens (including phenoxy) is 1. The van der Waals surface area contributed by atoms with Crippen LogP contribution in [0.15, 0.2) is 6.07 Å². The minimum absolute atomic E-state index is 0.298. The Morgan fingerprint density at radius 3 is 3.12 bits per heavy atom. The van der Waals surface area contributed by atoms with Gasteiger partial charge in [0.15, 0.2) is 0 Å². The van der Waals surface area contributed by atoms with Crippen LogP contribution >= 0.6 is 11.6 Å². The van der Waals surface area contributed by atoms with Crippen LogP contribution in [0.25, 0.3) is 0 Å². The van der Waals surface area contributed by atoms with Crippen LogP contribution in [0.4, 0.5) is 5.82 Å². The molecule has 1 aliphatic rings. The molecule has 1 fully saturated rings. The zero-order valence-corrected chi connectivity index (χ0v) is 10.1. The number of aryl methyl sites for hydroxylation is 1. The zero-order valence-electron chi connectivity index (χ0n) is 9.37. The van der Waals surface area contributed by atoms with Crippen molar-refractivity contribution in [2.24, 2.45) is 5.92 Å². The van der Waals surface area contributed by atoms with Crippen molar-refractivity contribution in [3.63, 3.8) is 0 Å². The molecule has 0 aromatic carbocycles. The van der Waals surface area contributed by atoms with Gasteiger partial charge in [-0.1, -0.05) is 0 Å². The molecule has 1 aromatic rings. The van der Waals surface area contributed by atoms with E-state index in [2.05, 4.69) is 15.3 Å². The van der Waals surface area contributed by atoms with Crippen molar-refractivity contribution in [1.82, 2.24) is 9.97 Å². The van der Waals surface area contributed by atoms with E-state index in [1.807, 2.05) is 13.0 Å². The Hall–Kier alpha value is -0.870. The Balaban J connectivity index is 1.80. The highest BCUT2D eigenvalue weighted by Crippen LogP contribution is 2.16. The molecule has 2 rings (SSSR count). The van der Waals surface area contributed by atoms with Crippen molar-refractivity contribution < 1.29 is 4.74 Å². The van der Waals surface area contributed by atoms with Gasteiger partial charge in [0, 0.05) is 31.5 Å². The molecule has 0 amide bonds. The third-order valence-corrected chi connectivity index (χ3v) is 2.88. The van der Waals surface area contributed by atoms with Crippen molar-refractivity contribution in [2.45, 2.75) is 19.8 Å². The molecular weight excluding hydrogens is 226 g/mol. The van der Waals surface area contributed by atoms with Crippen molar-refractivity contribution in [3.05, 3.63) is 17.0 Å². The average Bonchev–Trinajstić information content (AvgIpc) is 2.69. The minimum atomic E-state index is 0.298. The second-order valence-electron chi connectivity index (χ2n) is 4.11. The van der Waals surface area contributed by atoms with E-state index in [9.17, 15) is 0 Å². The number of hydrogen-bond donors (Lipinski definition) is 1. The first-order valence-corrected chi connectivity index (χ1v) is 5.94. The largest absolute Gasteiger partial charge is 0.381 e. The van der Waals surface area contributed by atoms with E-state index in [1.54, 1.807) is 0 Å². The maximum atomic E-state index is 5.77. The second-order valence-corrected chi connectivity index (χ2v) is 4.45. The highest BCUT2D eigenvalue weighted by molar-refractivity contribution is 6.28. The molecule has 16 heavy (non-hydrogen) atoms. The summed E-state index contributed by atoms with van der Waals surface area (Å²) in [4.78, 5) is 8.12. The molecule has 1 saturated heterocycles. The van der Waals surface area contributed by atoms with E-state index >= 15 is 0 Å². The van der Waals surface area contributed by atoms with Crippen LogP contribution in [0, 0.1) is 12.8 Å². The maximum absolute atomic E-state index is 5.77. The molecule has 5 heteroatoms. The van der Waals surface area contributed by atoms with Gasteiger partial charge < -0.3 is 10.1 Å². The predicted molar refractivity (Wildman–Crippen MR) is 63.8 cm³/mol. The third kappa shape index (κ3) is 3.32. The number of aromatic nitrogens is 2. The Morgan fingerprint density at radius 1 is 1.56 bits per heavy atom. The highest BCUT2D eigenvalue weighted by atomic mass is 35.5. The summed E-state index contributed by atoms with van der Waals surface area (Å²) >= 11 is 5.77. The van der Waals surface area contributed by atoms with E-state index < -0.39 is 0 Å². The molecule has 1 aliphatic heterocycles. The van der Waals surface area contributed by atoms with Gasteiger partial charge in [-0.15, -0.1) is 0 Å². The lowest BCUT2D eigenvalue weighted by molar-refractivity contribution is 0.185. The molecule has 4 nitrogen and oxygen atoms in total. The van der Waals surface area contributed by atoms with Gasteiger partial charge in [-0.2, -0.15) is 0 Å². The summed E-state index contributed by atoms with van der Waals surface area (Å²) in [5.41, 5.74) is 0.881. The number of nitrogens with one attached hydrogen (secondary N) is 1. The molecule has 0 spiro atoms. The van der Waals surface area contributed by atoms with Crippen molar-refractivity contribution in [1.29, 1.82) is 0 Å². The number of halogens is 1. The highest BCUT2D eigenvalue weighted by Gasteiger charge is 2.14. The molecule has 0 bridgehead atoms. The summed E-state index contributed by atoms with van der Waals surface area (Å²) in [6, 6.07) is 1.90. The molecule has 88 valence electrons. The molecule has 2 heterocycles. The van der Waals surface area contributed by atoms with Gasteiger partial charge in [0.05, 0.1) is 0 Å². The summed E-state index contributed by atoms with van der Waals surface area (Å²) in [7, 11) is 0. The Bertz CT molecular complexity index is 333. The van der Waals surface area contributed by atoms with Gasteiger partial charge in [-0.05, 0) is 37.3 Å². The van der Waals surface area contributed by atoms with Crippen LogP contribution in [0.2, 0.25) is 5.28 Å². The molecule has 0 radical (unpaired) electrons. The van der Waals surface area contributed by atoms with Gasteiger partial charge in [-0.3, -0.25) is 0 Å². The number of rotatable bonds is 4. The van der Waals surface area contributed by atoms with E-state index in [-0.39, 0.29) is 0 Å². The molecule has 0 aliphatic carbocycles. The maximum Gasteiger partial charge on any atom is 0.224 e. The lowest BCUT2D eigenvalue weighted by Crippen LogP contribution is -2.10. The number of nitrogens with zero attached hydrogens (tertiary/aromatic N) is 2. The summed E-state index contributed by atoms with van der Waals surface area (Å²) in [6.45, 7) is 4.61. The van der Waals surface area contributed by atoms with Gasteiger partial charge in [0.1, 0.15) is 5.82 Å². The van der Waals surface area contributed by atoms with Gasteiger partial charge in [0.25, 0.3) is 0 Å². The van der Waals surface area contributed by atoms with Crippen LogP contribution < -0.4 is 5.32 Å². The molecule has 0 saturated carbocycles. The van der Waals surface area contributed by atoms with Crippen molar-refractivity contribution in [2.75, 3.05) is 25.1 Å². The Morgan fingerprint density at radius 2 is 2.44 bits per heavy atom. The molecule has 1 N–H and O–H groups in total. The van der Waals surface area contributed by atoms with Crippen LogP contribution in [0.3, 0.4) is 0 Å². The first-order chi connectivity index (χ1) is 7.74. The van der Waals surface area contributed by atoms with Gasteiger partial charge >= 0.3 is 0 Å². The van der Waals surface area contributed by atoms with Crippen LogP contribution in [0.5, 0.6) is 0 Å². The van der Waals surface area contributed by atoms with Gasteiger partial charge in [0.2, 0.25) is 5.28 Å². The van der Waals surface area contributed by atoms with Crippen molar-refractivity contribution in [3.8, 4) is 0 Å². The van der Waals surface area contributed by atoms with E-state index in [1.165, 1.54) is 6.42 Å². The number of hydrogen-bond acceptors (Lipinski definition) is 4. The van der Waals surface area contributed by atoms with Gasteiger partial charge in [-0.25, -0.2) is 9.97 Å². The third-order valence-electron chi connectivity index (χ3n) is 2.71. The normalized spacial score (nSPS) is 20.0. The van der Waals surface area contributed by atoms with E-state index in [0.29, 0.717) is 11.2 Å². The number of anilines is 1. The summed E-state index contributed by atoms with van der Waals surface area (Å²) in [6.07, 6.45) is 2.28. The average molecular weight is 242 g/mol. The lowest BCUT2D eigenvalue weighted by Gasteiger charge is -2.09. The summed E-state index contributed by atoms with van der Waals surface area (Å²) < 4.78 is 5.32. The first kappa shape index (κ1) is 11.6. The summed E-state index contributed by atoms with van der Waals surface area (Å²) in [5, 5.41) is 3.56. The molecule has 1 aromatic heterocycles. The lowest BCUT2D eigenvalue weighted by atomic mass is 10.1. The standard InChI is InChI=1S/C11H16ClN3O/c1-8-6-10(15-11(12)14-8)13-4-2-9-3-5-16-7-9/h6,9H,2-5,7H2,1H3,(H,13,14,15).